The molecule has 1 heterocycles. The third-order valence-electron chi connectivity index (χ3n) is 7.65. The van der Waals surface area contributed by atoms with Crippen LogP contribution in [0.25, 0.3) is 0 Å². The zero-order chi connectivity index (χ0) is 28.6. The summed E-state index contributed by atoms with van der Waals surface area (Å²) >= 11 is 0. The van der Waals surface area contributed by atoms with Gasteiger partial charge in [0.1, 0.15) is 0 Å². The molecule has 1 amide bonds. The molecule has 0 bridgehead atoms. The Labute approximate surface area is 242 Å². The van der Waals surface area contributed by atoms with Crippen LogP contribution in [0.15, 0.2) is 109 Å². The van der Waals surface area contributed by atoms with Gasteiger partial charge in [-0.3, -0.25) is 9.69 Å². The van der Waals surface area contributed by atoms with E-state index in [2.05, 4.69) is 48.5 Å². The smallest absolute Gasteiger partial charge is 0.251 e. The van der Waals surface area contributed by atoms with Crippen LogP contribution < -0.4 is 5.32 Å². The van der Waals surface area contributed by atoms with Gasteiger partial charge in [0.2, 0.25) is 0 Å². The number of hydrogen-bond donors (Lipinski definition) is 2. The number of nitrogens with one attached hydrogen (secondary N) is 1. The topological polar surface area (TPSA) is 71.0 Å². The summed E-state index contributed by atoms with van der Waals surface area (Å²) in [5, 5.41) is 12.5. The van der Waals surface area contributed by atoms with E-state index in [9.17, 15) is 9.90 Å². The van der Waals surface area contributed by atoms with Crippen molar-refractivity contribution in [2.75, 3.05) is 13.6 Å². The third kappa shape index (κ3) is 7.48. The van der Waals surface area contributed by atoms with Crippen LogP contribution in [0.1, 0.15) is 57.5 Å². The normalized spacial score (nSPS) is 20.6. The molecule has 2 N–H and O–H groups in total. The third-order valence-corrected chi connectivity index (χ3v) is 7.65. The number of ether oxygens (including phenoxy) is 2. The van der Waals surface area contributed by atoms with Crippen molar-refractivity contribution in [3.05, 3.63) is 143 Å². The summed E-state index contributed by atoms with van der Waals surface area (Å²) in [6.07, 6.45) is -0.756. The first-order chi connectivity index (χ1) is 20.0. The Balaban J connectivity index is 1.30. The highest BCUT2D eigenvalue weighted by atomic mass is 16.7. The van der Waals surface area contributed by atoms with Crippen LogP contribution in [0.5, 0.6) is 0 Å². The number of aliphatic hydroxyl groups is 1. The van der Waals surface area contributed by atoms with Crippen molar-refractivity contribution in [1.29, 1.82) is 0 Å². The molecule has 4 atom stereocenters. The Morgan fingerprint density at radius 3 is 2.05 bits per heavy atom. The van der Waals surface area contributed by atoms with Crippen LogP contribution in [0.2, 0.25) is 0 Å². The average molecular weight is 551 g/mol. The van der Waals surface area contributed by atoms with Gasteiger partial charge in [-0.1, -0.05) is 104 Å². The molecule has 1 aliphatic rings. The summed E-state index contributed by atoms with van der Waals surface area (Å²) in [5.41, 5.74) is 5.78. The van der Waals surface area contributed by atoms with Crippen LogP contribution in [-0.4, -0.2) is 35.6 Å². The van der Waals surface area contributed by atoms with Crippen LogP contribution in [0.4, 0.5) is 0 Å². The number of hydrogen-bond acceptors (Lipinski definition) is 5. The highest BCUT2D eigenvalue weighted by Gasteiger charge is 2.38. The fraction of sp³-hybridized carbons (Fsp3) is 0.286. The van der Waals surface area contributed by atoms with E-state index in [1.165, 1.54) is 5.56 Å². The molecule has 0 spiro atoms. The molecule has 0 radical (unpaired) electrons. The number of carbonyl (C=O) groups excluding carboxylic acids is 1. The lowest BCUT2D eigenvalue weighted by Crippen LogP contribution is -2.43. The van der Waals surface area contributed by atoms with Gasteiger partial charge >= 0.3 is 0 Å². The summed E-state index contributed by atoms with van der Waals surface area (Å²) in [5.74, 6) is 0.0112. The minimum atomic E-state index is -0.531. The van der Waals surface area contributed by atoms with Gasteiger partial charge in [-0.15, -0.1) is 0 Å². The fourth-order valence-electron chi connectivity index (χ4n) is 5.26. The van der Waals surface area contributed by atoms with E-state index in [1.54, 1.807) is 12.1 Å². The van der Waals surface area contributed by atoms with Gasteiger partial charge in [-0.25, -0.2) is 0 Å². The SMILES string of the molecule is CC1C(CN(C)Cc2ccccc2)OC(c2ccc(CNC(=O)c3ccccc3)cc2)OC1c1ccc(CO)cc1. The number of benzene rings is 4. The van der Waals surface area contributed by atoms with Gasteiger partial charge < -0.3 is 19.9 Å². The van der Waals surface area contributed by atoms with E-state index in [0.717, 1.165) is 35.3 Å². The van der Waals surface area contributed by atoms with E-state index in [4.69, 9.17) is 9.47 Å². The molecular weight excluding hydrogens is 512 g/mol. The minimum absolute atomic E-state index is 0.0121. The first-order valence-corrected chi connectivity index (χ1v) is 14.2. The van der Waals surface area contributed by atoms with Gasteiger partial charge in [0, 0.05) is 36.7 Å². The Morgan fingerprint density at radius 2 is 1.39 bits per heavy atom. The second kappa shape index (κ2) is 13.7. The Hall–Kier alpha value is -3.81. The van der Waals surface area contributed by atoms with Gasteiger partial charge in [-0.05, 0) is 41.4 Å². The fourth-order valence-corrected chi connectivity index (χ4v) is 5.26. The predicted octanol–water partition coefficient (Wildman–Crippen LogP) is 6.03. The highest BCUT2D eigenvalue weighted by Crippen LogP contribution is 2.41. The zero-order valence-electron chi connectivity index (χ0n) is 23.6. The molecule has 4 aromatic carbocycles. The van der Waals surface area contributed by atoms with Gasteiger partial charge in [-0.2, -0.15) is 0 Å². The molecular formula is C35H38N2O4. The number of nitrogens with zero attached hydrogens (tertiary/aromatic N) is 1. The van der Waals surface area contributed by atoms with E-state index in [1.807, 2.05) is 72.8 Å². The molecule has 0 aliphatic carbocycles. The lowest BCUT2D eigenvalue weighted by molar-refractivity contribution is -0.276. The van der Waals surface area contributed by atoms with Gasteiger partial charge in [0.15, 0.2) is 6.29 Å². The van der Waals surface area contributed by atoms with Crippen LogP contribution in [0, 0.1) is 5.92 Å². The summed E-state index contributed by atoms with van der Waals surface area (Å²) < 4.78 is 13.2. The van der Waals surface area contributed by atoms with Crippen molar-refractivity contribution in [3.63, 3.8) is 0 Å². The maximum Gasteiger partial charge on any atom is 0.251 e. The Kier molecular flexibility index (Phi) is 9.59. The number of carbonyl (C=O) groups is 1. The van der Waals surface area contributed by atoms with Crippen molar-refractivity contribution in [2.45, 2.75) is 45.1 Å². The first-order valence-electron chi connectivity index (χ1n) is 14.2. The van der Waals surface area contributed by atoms with E-state index in [0.29, 0.717) is 12.1 Å². The summed E-state index contributed by atoms with van der Waals surface area (Å²) in [6.45, 7) is 4.21. The van der Waals surface area contributed by atoms with Crippen LogP contribution in [-0.2, 0) is 29.2 Å². The summed E-state index contributed by atoms with van der Waals surface area (Å²) in [7, 11) is 2.12. The second-order valence-corrected chi connectivity index (χ2v) is 10.8. The molecule has 1 fully saturated rings. The number of rotatable bonds is 10. The van der Waals surface area contributed by atoms with Crippen molar-refractivity contribution in [3.8, 4) is 0 Å². The molecule has 4 unspecified atom stereocenters. The molecule has 212 valence electrons. The molecule has 1 saturated heterocycles. The Morgan fingerprint density at radius 1 is 0.780 bits per heavy atom. The maximum atomic E-state index is 12.4. The van der Waals surface area contributed by atoms with Crippen molar-refractivity contribution >= 4 is 5.91 Å². The quantitative estimate of drug-likeness (QED) is 0.252. The monoisotopic (exact) mass is 550 g/mol. The van der Waals surface area contributed by atoms with E-state index in [-0.39, 0.29) is 30.6 Å². The molecule has 0 aromatic heterocycles. The number of aliphatic hydroxyl groups excluding tert-OH is 1. The molecule has 5 rings (SSSR count). The molecule has 1 aliphatic heterocycles. The maximum absolute atomic E-state index is 12.4. The lowest BCUT2D eigenvalue weighted by Gasteiger charge is -2.42. The zero-order valence-corrected chi connectivity index (χ0v) is 23.6. The lowest BCUT2D eigenvalue weighted by atomic mass is 9.90. The van der Waals surface area contributed by atoms with Crippen molar-refractivity contribution in [2.24, 2.45) is 5.92 Å². The average Bonchev–Trinajstić information content (AvgIpc) is 3.02. The van der Waals surface area contributed by atoms with Gasteiger partial charge in [0.05, 0.1) is 18.8 Å². The highest BCUT2D eigenvalue weighted by molar-refractivity contribution is 5.94. The summed E-state index contributed by atoms with van der Waals surface area (Å²) in [6, 6.07) is 35.7. The molecule has 6 nitrogen and oxygen atoms in total. The first kappa shape index (κ1) is 28.7. The number of amides is 1. The molecule has 4 aromatic rings. The van der Waals surface area contributed by atoms with E-state index < -0.39 is 6.29 Å². The summed E-state index contributed by atoms with van der Waals surface area (Å²) in [4.78, 5) is 14.7. The molecule has 41 heavy (non-hydrogen) atoms. The van der Waals surface area contributed by atoms with E-state index >= 15 is 0 Å². The van der Waals surface area contributed by atoms with Crippen LogP contribution in [0.3, 0.4) is 0 Å². The van der Waals surface area contributed by atoms with Crippen molar-refractivity contribution in [1.82, 2.24) is 10.2 Å². The van der Waals surface area contributed by atoms with Crippen molar-refractivity contribution < 1.29 is 19.4 Å². The Bertz CT molecular complexity index is 1380. The van der Waals surface area contributed by atoms with Crippen LogP contribution >= 0.6 is 0 Å². The molecule has 0 saturated carbocycles. The minimum Gasteiger partial charge on any atom is -0.392 e. The predicted molar refractivity (Wildman–Crippen MR) is 160 cm³/mol. The standard InChI is InChI=1S/C35H38N2O4/c1-25-32(23-37(2)22-27-9-5-3-6-10-27)40-35(41-33(25)29-17-15-28(24-38)16-18-29)31-19-13-26(14-20-31)21-36-34(39)30-11-7-4-8-12-30/h3-20,25,32-33,35,38H,21-24H2,1-2H3,(H,36,39). The largest absolute Gasteiger partial charge is 0.392 e. The second-order valence-electron chi connectivity index (χ2n) is 10.8. The molecule has 6 heteroatoms. The number of likely N-dealkylation sites (N-methyl/N-ethyl adjacent to an activating group) is 1. The van der Waals surface area contributed by atoms with Gasteiger partial charge in [0.25, 0.3) is 5.91 Å².